The summed E-state index contributed by atoms with van der Waals surface area (Å²) in [5.41, 5.74) is 3.31. The zero-order valence-corrected chi connectivity index (χ0v) is 22.3. The number of nitrogens with zero attached hydrogens (tertiary/aromatic N) is 1. The molecule has 4 unspecified atom stereocenters. The minimum absolute atomic E-state index is 0.0154. The van der Waals surface area contributed by atoms with Gasteiger partial charge in [-0.1, -0.05) is 42.8 Å². The zero-order valence-electron chi connectivity index (χ0n) is 22.3. The van der Waals surface area contributed by atoms with Crippen LogP contribution in [0.2, 0.25) is 0 Å². The molecule has 4 rings (SSSR count). The van der Waals surface area contributed by atoms with Crippen molar-refractivity contribution >= 4 is 17.6 Å². The third kappa shape index (κ3) is 8.58. The molecule has 2 aromatic rings. The van der Waals surface area contributed by atoms with Gasteiger partial charge >= 0.3 is 5.97 Å². The van der Waals surface area contributed by atoms with Crippen LogP contribution in [0.5, 0.6) is 0 Å². The van der Waals surface area contributed by atoms with Gasteiger partial charge in [-0.05, 0) is 55.5 Å². The Morgan fingerprint density at radius 3 is 2.51 bits per heavy atom. The van der Waals surface area contributed by atoms with E-state index < -0.39 is 12.3 Å². The zero-order chi connectivity index (χ0) is 27.6. The number of aliphatic hydroxyl groups excluding tert-OH is 2. The monoisotopic (exact) mass is 540 g/mol. The number of aliphatic hydroxyl groups is 2. The fourth-order valence-corrected chi connectivity index (χ4v) is 5.36. The fraction of sp³-hybridized carbons (Fsp3) is 0.533. The number of unbranched alkanes of at least 4 members (excludes halogenated alkanes) is 2. The molecule has 2 aliphatic rings. The molecule has 2 saturated heterocycles. The Balaban J connectivity index is 1.43. The van der Waals surface area contributed by atoms with Crippen molar-refractivity contribution in [2.24, 2.45) is 0 Å². The molecule has 0 bridgehead atoms. The van der Waals surface area contributed by atoms with Gasteiger partial charge in [-0.15, -0.1) is 0 Å². The summed E-state index contributed by atoms with van der Waals surface area (Å²) in [6.45, 7) is 1.76. The van der Waals surface area contributed by atoms with Gasteiger partial charge in [-0.2, -0.15) is 0 Å². The Morgan fingerprint density at radius 2 is 1.77 bits per heavy atom. The van der Waals surface area contributed by atoms with Crippen molar-refractivity contribution in [1.29, 1.82) is 0 Å². The summed E-state index contributed by atoms with van der Waals surface area (Å²) in [7, 11) is 0. The van der Waals surface area contributed by atoms with E-state index in [2.05, 4.69) is 10.2 Å². The number of aliphatic carboxylic acids is 1. The quantitative estimate of drug-likeness (QED) is 0.279. The van der Waals surface area contributed by atoms with E-state index in [0.717, 1.165) is 36.1 Å². The third-order valence-electron chi connectivity index (χ3n) is 7.50. The van der Waals surface area contributed by atoms with E-state index in [4.69, 9.17) is 14.6 Å². The highest BCUT2D eigenvalue weighted by Gasteiger charge is 2.35. The number of carboxylic acids is 1. The van der Waals surface area contributed by atoms with Crippen molar-refractivity contribution in [2.45, 2.75) is 82.5 Å². The largest absolute Gasteiger partial charge is 0.481 e. The van der Waals surface area contributed by atoms with Gasteiger partial charge in [0.1, 0.15) is 0 Å². The molecule has 4 atom stereocenters. The topological polar surface area (TPSA) is 129 Å². The van der Waals surface area contributed by atoms with Gasteiger partial charge in [0.05, 0.1) is 25.4 Å². The van der Waals surface area contributed by atoms with Crippen LogP contribution in [0.15, 0.2) is 48.5 Å². The van der Waals surface area contributed by atoms with Gasteiger partial charge in [-0.25, -0.2) is 0 Å². The number of ether oxygens (including phenoxy) is 2. The number of likely N-dealkylation sites (tertiary alicyclic amines) is 1. The van der Waals surface area contributed by atoms with Crippen molar-refractivity contribution in [3.63, 3.8) is 0 Å². The predicted molar refractivity (Wildman–Crippen MR) is 146 cm³/mol. The first-order valence-corrected chi connectivity index (χ1v) is 13.9. The second kappa shape index (κ2) is 14.5. The van der Waals surface area contributed by atoms with Gasteiger partial charge in [0.2, 0.25) is 5.91 Å². The van der Waals surface area contributed by atoms with Crippen LogP contribution < -0.4 is 5.32 Å². The Morgan fingerprint density at radius 1 is 0.974 bits per heavy atom. The Kier molecular flexibility index (Phi) is 10.9. The summed E-state index contributed by atoms with van der Waals surface area (Å²) >= 11 is 0. The van der Waals surface area contributed by atoms with Crippen LogP contribution in [0.1, 0.15) is 80.5 Å². The summed E-state index contributed by atoms with van der Waals surface area (Å²) in [5, 5.41) is 30.9. The number of anilines is 1. The molecule has 39 heavy (non-hydrogen) atoms. The molecule has 9 heteroatoms. The standard InChI is InChI=1S/C30H40N2O7/c33-19-21-11-13-22(14-12-21)27-17-26(18-32-15-5-8-25(32)20-34)38-30(39-27)23-6-4-7-24(16-23)31-28(35)9-2-1-3-10-29(36)37/h4,6-7,11-14,16,25-27,30,33-34H,1-3,5,8-10,15,17-20H2,(H,31,35)(H,36,37). The van der Waals surface area contributed by atoms with Crippen molar-refractivity contribution < 1.29 is 34.4 Å². The molecule has 2 aromatic carbocycles. The molecule has 0 saturated carbocycles. The number of carbonyl (C=O) groups excluding carboxylic acids is 1. The maximum absolute atomic E-state index is 12.5. The molecular formula is C30H40N2O7. The Labute approximate surface area is 229 Å². The fourth-order valence-electron chi connectivity index (χ4n) is 5.36. The van der Waals surface area contributed by atoms with E-state index >= 15 is 0 Å². The van der Waals surface area contributed by atoms with E-state index in [1.165, 1.54) is 0 Å². The number of hydrogen-bond acceptors (Lipinski definition) is 7. The number of hydrogen-bond donors (Lipinski definition) is 4. The molecule has 2 heterocycles. The van der Waals surface area contributed by atoms with E-state index in [0.29, 0.717) is 44.3 Å². The molecule has 1 amide bonds. The highest BCUT2D eigenvalue weighted by atomic mass is 16.7. The van der Waals surface area contributed by atoms with E-state index in [1.54, 1.807) is 0 Å². The van der Waals surface area contributed by atoms with Crippen molar-refractivity contribution in [1.82, 2.24) is 4.90 Å². The smallest absolute Gasteiger partial charge is 0.303 e. The van der Waals surface area contributed by atoms with Crippen molar-refractivity contribution in [3.05, 3.63) is 65.2 Å². The molecule has 0 aliphatic carbocycles. The molecule has 2 fully saturated rings. The maximum Gasteiger partial charge on any atom is 0.303 e. The van der Waals surface area contributed by atoms with E-state index in [1.807, 2.05) is 48.5 Å². The number of carbonyl (C=O) groups is 2. The van der Waals surface area contributed by atoms with Crippen molar-refractivity contribution in [3.8, 4) is 0 Å². The predicted octanol–water partition coefficient (Wildman–Crippen LogP) is 4.15. The van der Waals surface area contributed by atoms with Crippen LogP contribution >= 0.6 is 0 Å². The lowest BCUT2D eigenvalue weighted by Crippen LogP contribution is -2.42. The van der Waals surface area contributed by atoms with Gasteiger partial charge in [0.15, 0.2) is 6.29 Å². The van der Waals surface area contributed by atoms with Crippen LogP contribution in [0.3, 0.4) is 0 Å². The Hall–Kier alpha value is -2.82. The van der Waals surface area contributed by atoms with E-state index in [9.17, 15) is 19.8 Å². The number of nitrogens with one attached hydrogen (secondary N) is 1. The summed E-state index contributed by atoms with van der Waals surface area (Å²) in [5.74, 6) is -0.930. The average Bonchev–Trinajstić information content (AvgIpc) is 3.39. The summed E-state index contributed by atoms with van der Waals surface area (Å²) < 4.78 is 12.9. The molecular weight excluding hydrogens is 500 g/mol. The molecule has 9 nitrogen and oxygen atoms in total. The Bertz CT molecular complexity index is 1080. The maximum atomic E-state index is 12.5. The van der Waals surface area contributed by atoms with E-state index in [-0.39, 0.29) is 43.8 Å². The lowest BCUT2D eigenvalue weighted by atomic mass is 9.99. The molecule has 0 radical (unpaired) electrons. The first-order chi connectivity index (χ1) is 18.9. The second-order valence-electron chi connectivity index (χ2n) is 10.5. The SMILES string of the molecule is O=C(O)CCCCCC(=O)Nc1cccc(C2OC(CN3CCCC3CO)CC(c3ccc(CO)cc3)O2)c1. The van der Waals surface area contributed by atoms with Gasteiger partial charge in [0, 0.05) is 43.1 Å². The summed E-state index contributed by atoms with van der Waals surface area (Å²) in [6, 6.07) is 15.4. The number of carboxylic acid groups (broad SMARTS) is 1. The number of benzene rings is 2. The van der Waals surface area contributed by atoms with Gasteiger partial charge in [-0.3, -0.25) is 14.5 Å². The first kappa shape index (κ1) is 29.2. The molecule has 212 valence electrons. The number of amides is 1. The van der Waals surface area contributed by atoms with Crippen LogP contribution in [0.25, 0.3) is 0 Å². The minimum Gasteiger partial charge on any atom is -0.481 e. The lowest BCUT2D eigenvalue weighted by Gasteiger charge is -2.38. The highest BCUT2D eigenvalue weighted by molar-refractivity contribution is 5.90. The van der Waals surface area contributed by atoms with Crippen LogP contribution in [-0.2, 0) is 25.7 Å². The van der Waals surface area contributed by atoms with Crippen LogP contribution in [-0.4, -0.2) is 63.9 Å². The molecule has 4 N–H and O–H groups in total. The molecule has 0 spiro atoms. The van der Waals surface area contributed by atoms with Gasteiger partial charge < -0.3 is 30.1 Å². The number of rotatable bonds is 13. The highest BCUT2D eigenvalue weighted by Crippen LogP contribution is 2.39. The normalized spacial score (nSPS) is 23.5. The van der Waals surface area contributed by atoms with Gasteiger partial charge in [0.25, 0.3) is 0 Å². The average molecular weight is 541 g/mol. The third-order valence-corrected chi connectivity index (χ3v) is 7.50. The van der Waals surface area contributed by atoms with Crippen molar-refractivity contribution in [2.75, 3.05) is 25.0 Å². The van der Waals surface area contributed by atoms with Crippen LogP contribution in [0.4, 0.5) is 5.69 Å². The minimum atomic E-state index is -0.816. The van der Waals surface area contributed by atoms with Crippen LogP contribution in [0, 0.1) is 0 Å². The lowest BCUT2D eigenvalue weighted by molar-refractivity contribution is -0.253. The summed E-state index contributed by atoms with van der Waals surface area (Å²) in [4.78, 5) is 25.4. The summed E-state index contributed by atoms with van der Waals surface area (Å²) in [6.07, 6.45) is 4.11. The molecule has 2 aliphatic heterocycles. The first-order valence-electron chi connectivity index (χ1n) is 13.9. The second-order valence-corrected chi connectivity index (χ2v) is 10.5. The molecule has 0 aromatic heterocycles.